The zero-order valence-electron chi connectivity index (χ0n) is 13.2. The van der Waals surface area contributed by atoms with E-state index >= 15 is 0 Å². The van der Waals surface area contributed by atoms with Gasteiger partial charge in [0, 0.05) is 21.4 Å². The van der Waals surface area contributed by atoms with Crippen molar-refractivity contribution in [3.8, 4) is 0 Å². The molecule has 3 aromatic carbocycles. The Bertz CT molecular complexity index is 920. The number of nitrogens with one attached hydrogen (secondary N) is 2. The molecule has 0 spiro atoms. The fourth-order valence-corrected chi connectivity index (χ4v) is 3.03. The molecule has 4 rings (SSSR count). The Labute approximate surface area is 153 Å². The average molecular weight is 396 g/mol. The van der Waals surface area contributed by atoms with Gasteiger partial charge in [0.2, 0.25) is 0 Å². The molecule has 0 saturated heterocycles. The Kier molecular flexibility index (Phi) is 4.24. The minimum absolute atomic E-state index is 0.253. The van der Waals surface area contributed by atoms with E-state index in [9.17, 15) is 4.39 Å². The van der Waals surface area contributed by atoms with Gasteiger partial charge in [0.05, 0.1) is 0 Å². The molecule has 0 aromatic heterocycles. The first-order chi connectivity index (χ1) is 12.2. The maximum atomic E-state index is 13.2. The third-order valence-electron chi connectivity index (χ3n) is 4.03. The van der Waals surface area contributed by atoms with Gasteiger partial charge in [-0.05, 0) is 54.1 Å². The van der Waals surface area contributed by atoms with E-state index in [1.54, 1.807) is 12.1 Å². The van der Waals surface area contributed by atoms with Crippen molar-refractivity contribution in [1.82, 2.24) is 0 Å². The third kappa shape index (κ3) is 3.42. The number of benzene rings is 3. The van der Waals surface area contributed by atoms with Crippen LogP contribution >= 0.6 is 15.9 Å². The molecule has 0 amide bonds. The Balaban J connectivity index is 1.71. The second-order valence-corrected chi connectivity index (χ2v) is 6.67. The van der Waals surface area contributed by atoms with Crippen LogP contribution < -0.4 is 10.6 Å². The first kappa shape index (κ1) is 15.8. The van der Waals surface area contributed by atoms with Gasteiger partial charge in [-0.15, -0.1) is 0 Å². The highest BCUT2D eigenvalue weighted by atomic mass is 79.9. The SMILES string of the molecule is Fc1ccc(C2N=C(Nc3ccc(Br)cc3)c3ccccc3N2)cc1. The van der Waals surface area contributed by atoms with Crippen LogP contribution in [0.25, 0.3) is 0 Å². The molecule has 1 aliphatic rings. The zero-order valence-corrected chi connectivity index (χ0v) is 14.8. The summed E-state index contributed by atoms with van der Waals surface area (Å²) in [5, 5.41) is 6.79. The molecule has 3 nitrogen and oxygen atoms in total. The Morgan fingerprint density at radius 2 is 1.64 bits per heavy atom. The van der Waals surface area contributed by atoms with Gasteiger partial charge < -0.3 is 10.6 Å². The van der Waals surface area contributed by atoms with Crippen LogP contribution in [0.2, 0.25) is 0 Å². The molecule has 0 saturated carbocycles. The lowest BCUT2D eigenvalue weighted by Crippen LogP contribution is -2.24. The molecule has 2 N–H and O–H groups in total. The van der Waals surface area contributed by atoms with Crippen LogP contribution in [0.1, 0.15) is 17.3 Å². The van der Waals surface area contributed by atoms with Crippen LogP contribution in [-0.4, -0.2) is 5.84 Å². The molecular weight excluding hydrogens is 381 g/mol. The van der Waals surface area contributed by atoms with Gasteiger partial charge >= 0.3 is 0 Å². The Morgan fingerprint density at radius 3 is 2.40 bits per heavy atom. The number of nitrogens with zero attached hydrogens (tertiary/aromatic N) is 1. The highest BCUT2D eigenvalue weighted by Gasteiger charge is 2.21. The largest absolute Gasteiger partial charge is 0.359 e. The average Bonchev–Trinajstić information content (AvgIpc) is 2.64. The number of amidine groups is 1. The van der Waals surface area contributed by atoms with Gasteiger partial charge in [-0.3, -0.25) is 0 Å². The van der Waals surface area contributed by atoms with Crippen molar-refractivity contribution >= 4 is 33.1 Å². The number of aliphatic imine (C=N–C) groups is 1. The van der Waals surface area contributed by atoms with Gasteiger partial charge in [0.1, 0.15) is 17.8 Å². The summed E-state index contributed by atoms with van der Waals surface area (Å²) < 4.78 is 14.2. The summed E-state index contributed by atoms with van der Waals surface area (Å²) in [4.78, 5) is 4.80. The van der Waals surface area contributed by atoms with Crippen LogP contribution in [0.4, 0.5) is 15.8 Å². The number of hydrogen-bond donors (Lipinski definition) is 2. The second kappa shape index (κ2) is 6.69. The lowest BCUT2D eigenvalue weighted by Gasteiger charge is -2.26. The molecule has 1 aliphatic heterocycles. The molecule has 1 heterocycles. The van der Waals surface area contributed by atoms with E-state index in [0.29, 0.717) is 0 Å². The highest BCUT2D eigenvalue weighted by molar-refractivity contribution is 9.10. The van der Waals surface area contributed by atoms with E-state index in [2.05, 4.69) is 26.6 Å². The summed E-state index contributed by atoms with van der Waals surface area (Å²) in [6, 6.07) is 22.4. The monoisotopic (exact) mass is 395 g/mol. The summed E-state index contributed by atoms with van der Waals surface area (Å²) >= 11 is 3.44. The van der Waals surface area contributed by atoms with E-state index in [-0.39, 0.29) is 12.0 Å². The van der Waals surface area contributed by atoms with Crippen molar-refractivity contribution < 1.29 is 4.39 Å². The maximum absolute atomic E-state index is 13.2. The van der Waals surface area contributed by atoms with Crippen molar-refractivity contribution in [3.63, 3.8) is 0 Å². The smallest absolute Gasteiger partial charge is 0.147 e. The predicted molar refractivity (Wildman–Crippen MR) is 104 cm³/mol. The zero-order chi connectivity index (χ0) is 17.2. The van der Waals surface area contributed by atoms with Gasteiger partial charge in [-0.1, -0.05) is 40.2 Å². The van der Waals surface area contributed by atoms with Crippen LogP contribution in [0, 0.1) is 5.82 Å². The van der Waals surface area contributed by atoms with Gasteiger partial charge in [-0.25, -0.2) is 9.38 Å². The van der Waals surface area contributed by atoms with Crippen molar-refractivity contribution in [3.05, 3.63) is 94.2 Å². The van der Waals surface area contributed by atoms with E-state index in [1.165, 1.54) is 12.1 Å². The summed E-state index contributed by atoms with van der Waals surface area (Å²) in [6.07, 6.45) is -0.270. The van der Waals surface area contributed by atoms with E-state index in [4.69, 9.17) is 4.99 Å². The van der Waals surface area contributed by atoms with Crippen molar-refractivity contribution in [1.29, 1.82) is 0 Å². The van der Waals surface area contributed by atoms with Gasteiger partial charge in [0.25, 0.3) is 0 Å². The van der Waals surface area contributed by atoms with Crippen molar-refractivity contribution in [2.24, 2.45) is 4.99 Å². The quantitative estimate of drug-likeness (QED) is 0.594. The van der Waals surface area contributed by atoms with E-state index < -0.39 is 0 Å². The van der Waals surface area contributed by atoms with Crippen LogP contribution in [-0.2, 0) is 0 Å². The molecule has 3 aromatic rings. The molecule has 1 unspecified atom stereocenters. The summed E-state index contributed by atoms with van der Waals surface area (Å²) in [5.41, 5.74) is 3.86. The Hall–Kier alpha value is -2.66. The van der Waals surface area contributed by atoms with Gasteiger partial charge in [0.15, 0.2) is 0 Å². The molecular formula is C20H15BrFN3. The van der Waals surface area contributed by atoms with Crippen molar-refractivity contribution in [2.75, 3.05) is 10.6 Å². The number of rotatable bonds is 2. The molecule has 25 heavy (non-hydrogen) atoms. The molecule has 0 radical (unpaired) electrons. The highest BCUT2D eigenvalue weighted by Crippen LogP contribution is 2.30. The number of hydrogen-bond acceptors (Lipinski definition) is 3. The summed E-state index contributed by atoms with van der Waals surface area (Å²) in [7, 11) is 0. The first-order valence-electron chi connectivity index (χ1n) is 7.91. The number of halogens is 2. The lowest BCUT2D eigenvalue weighted by atomic mass is 10.1. The standard InChI is InChI=1S/C20H15BrFN3/c21-14-7-11-16(12-8-14)23-20-17-3-1-2-4-18(17)24-19(25-20)13-5-9-15(22)10-6-13/h1-12,19,24H,(H,23,25). The minimum atomic E-state index is -0.270. The lowest BCUT2D eigenvalue weighted by molar-refractivity contribution is 0.626. The molecule has 0 bridgehead atoms. The maximum Gasteiger partial charge on any atom is 0.147 e. The molecule has 0 fully saturated rings. The molecule has 1 atom stereocenters. The topological polar surface area (TPSA) is 36.4 Å². The summed E-state index contributed by atoms with van der Waals surface area (Å²) in [6.45, 7) is 0. The number of fused-ring (bicyclic) bond motifs is 1. The van der Waals surface area contributed by atoms with Gasteiger partial charge in [-0.2, -0.15) is 0 Å². The molecule has 0 aliphatic carbocycles. The molecule has 5 heteroatoms. The van der Waals surface area contributed by atoms with E-state index in [0.717, 1.165) is 32.8 Å². The van der Waals surface area contributed by atoms with Crippen molar-refractivity contribution in [2.45, 2.75) is 6.17 Å². The second-order valence-electron chi connectivity index (χ2n) is 5.75. The van der Waals surface area contributed by atoms with Crippen LogP contribution in [0.15, 0.2) is 82.3 Å². The first-order valence-corrected chi connectivity index (χ1v) is 8.70. The number of anilines is 2. The van der Waals surface area contributed by atoms with E-state index in [1.807, 2.05) is 48.5 Å². The fourth-order valence-electron chi connectivity index (χ4n) is 2.77. The van der Waals surface area contributed by atoms with Crippen LogP contribution in [0.5, 0.6) is 0 Å². The van der Waals surface area contributed by atoms with Crippen LogP contribution in [0.3, 0.4) is 0 Å². The third-order valence-corrected chi connectivity index (χ3v) is 4.55. The number of para-hydroxylation sites is 1. The predicted octanol–water partition coefficient (Wildman–Crippen LogP) is 5.57. The summed E-state index contributed by atoms with van der Waals surface area (Å²) in [5.74, 6) is 0.531. The Morgan fingerprint density at radius 1 is 0.920 bits per heavy atom. The normalized spacial score (nSPS) is 15.8. The minimum Gasteiger partial charge on any atom is -0.359 e. The fraction of sp³-hybridized carbons (Fsp3) is 0.0500. The molecule has 124 valence electrons.